The number of unbranched alkanes of at least 4 members (excludes halogenated alkanes) is 1. The first-order valence-corrected chi connectivity index (χ1v) is 6.31. The molecule has 1 rings (SSSR count). The monoisotopic (exact) mass is 214 g/mol. The molecule has 1 aliphatic heterocycles. The average Bonchev–Trinajstić information content (AvgIpc) is 2.16. The van der Waals surface area contributed by atoms with Crippen molar-refractivity contribution in [3.63, 3.8) is 0 Å². The molecule has 0 saturated carbocycles. The smallest absolute Gasteiger partial charge is 0.0678 e. The Morgan fingerprint density at radius 1 is 1.20 bits per heavy atom. The number of nitrogens with zero attached hydrogens (tertiary/aromatic N) is 1. The molecule has 15 heavy (non-hydrogen) atoms. The molecular weight excluding hydrogens is 188 g/mol. The molecule has 3 heteroatoms. The molecule has 1 aliphatic rings. The van der Waals surface area contributed by atoms with Gasteiger partial charge in [-0.1, -0.05) is 6.92 Å². The van der Waals surface area contributed by atoms with Gasteiger partial charge in [-0.25, -0.2) is 0 Å². The molecule has 0 aromatic rings. The lowest BCUT2D eigenvalue weighted by Crippen LogP contribution is -2.45. The van der Waals surface area contributed by atoms with E-state index in [1.165, 1.54) is 19.4 Å². The third-order valence-corrected chi connectivity index (χ3v) is 2.82. The molecule has 0 spiro atoms. The fraction of sp³-hybridized carbons (Fsp3) is 1.00. The average molecular weight is 214 g/mol. The second-order valence-corrected chi connectivity index (χ2v) is 4.58. The van der Waals surface area contributed by atoms with Crippen LogP contribution in [0.25, 0.3) is 0 Å². The van der Waals surface area contributed by atoms with E-state index < -0.39 is 0 Å². The Bertz CT molecular complexity index is 154. The zero-order chi connectivity index (χ0) is 11.1. The van der Waals surface area contributed by atoms with Crippen molar-refractivity contribution in [3.05, 3.63) is 0 Å². The maximum Gasteiger partial charge on any atom is 0.0678 e. The molecule has 1 heterocycles. The molecule has 0 aliphatic carbocycles. The number of morpholine rings is 1. The third-order valence-electron chi connectivity index (χ3n) is 2.82. The van der Waals surface area contributed by atoms with Crippen LogP contribution in [0, 0.1) is 0 Å². The maximum atomic E-state index is 5.71. The van der Waals surface area contributed by atoms with Crippen LogP contribution in [0.1, 0.15) is 33.6 Å². The molecule has 0 amide bonds. The lowest BCUT2D eigenvalue weighted by molar-refractivity contribution is -0.0681. The molecule has 1 saturated heterocycles. The summed E-state index contributed by atoms with van der Waals surface area (Å²) >= 11 is 0. The van der Waals surface area contributed by atoms with Crippen LogP contribution in [0.4, 0.5) is 0 Å². The van der Waals surface area contributed by atoms with Crippen molar-refractivity contribution in [1.29, 1.82) is 0 Å². The highest BCUT2D eigenvalue weighted by Gasteiger charge is 2.21. The van der Waals surface area contributed by atoms with Gasteiger partial charge in [-0.2, -0.15) is 0 Å². The maximum absolute atomic E-state index is 5.71. The van der Waals surface area contributed by atoms with E-state index in [1.807, 2.05) is 0 Å². The van der Waals surface area contributed by atoms with E-state index >= 15 is 0 Å². The summed E-state index contributed by atoms with van der Waals surface area (Å²) in [6, 6.07) is 0. The first kappa shape index (κ1) is 12.9. The summed E-state index contributed by atoms with van der Waals surface area (Å²) in [7, 11) is 0. The lowest BCUT2D eigenvalue weighted by Gasteiger charge is -2.35. The van der Waals surface area contributed by atoms with Crippen LogP contribution in [0.15, 0.2) is 0 Å². The Morgan fingerprint density at radius 3 is 2.47 bits per heavy atom. The van der Waals surface area contributed by atoms with Crippen molar-refractivity contribution in [2.24, 2.45) is 0 Å². The number of nitrogens with one attached hydrogen (secondary N) is 1. The minimum absolute atomic E-state index is 0.405. The van der Waals surface area contributed by atoms with Crippen molar-refractivity contribution in [2.45, 2.75) is 45.8 Å². The van der Waals surface area contributed by atoms with Gasteiger partial charge in [-0.3, -0.25) is 4.90 Å². The van der Waals surface area contributed by atoms with Crippen LogP contribution >= 0.6 is 0 Å². The van der Waals surface area contributed by atoms with Crippen molar-refractivity contribution in [3.8, 4) is 0 Å². The van der Waals surface area contributed by atoms with Gasteiger partial charge in [0.25, 0.3) is 0 Å². The quantitative estimate of drug-likeness (QED) is 0.678. The standard InChI is InChI=1S/C12H26N2O/c1-4-13-7-5-6-8-14-9-11(2)15-12(3)10-14/h11-13H,4-10H2,1-3H3/t11-,12+. The predicted octanol–water partition coefficient (Wildman–Crippen LogP) is 1.49. The molecule has 1 N–H and O–H groups in total. The highest BCUT2D eigenvalue weighted by molar-refractivity contribution is 4.72. The molecule has 1 fully saturated rings. The van der Waals surface area contributed by atoms with Gasteiger partial charge in [0.05, 0.1) is 12.2 Å². The van der Waals surface area contributed by atoms with Crippen molar-refractivity contribution >= 4 is 0 Å². The molecule has 0 aromatic heterocycles. The summed E-state index contributed by atoms with van der Waals surface area (Å²) in [5.41, 5.74) is 0. The summed E-state index contributed by atoms with van der Waals surface area (Å²) < 4.78 is 5.71. The zero-order valence-electron chi connectivity index (χ0n) is 10.5. The molecule has 90 valence electrons. The minimum Gasteiger partial charge on any atom is -0.373 e. The van der Waals surface area contributed by atoms with Crippen LogP contribution in [-0.2, 0) is 4.74 Å². The Kier molecular flexibility index (Phi) is 6.22. The van der Waals surface area contributed by atoms with Gasteiger partial charge in [-0.15, -0.1) is 0 Å². The minimum atomic E-state index is 0.405. The molecule has 0 aromatic carbocycles. The van der Waals surface area contributed by atoms with Crippen LogP contribution in [-0.4, -0.2) is 49.8 Å². The van der Waals surface area contributed by atoms with E-state index in [2.05, 4.69) is 31.0 Å². The van der Waals surface area contributed by atoms with Gasteiger partial charge in [-0.05, 0) is 46.3 Å². The Morgan fingerprint density at radius 2 is 1.87 bits per heavy atom. The molecule has 2 atom stereocenters. The number of ether oxygens (including phenoxy) is 1. The summed E-state index contributed by atoms with van der Waals surface area (Å²) in [6.07, 6.45) is 3.39. The van der Waals surface area contributed by atoms with E-state index in [-0.39, 0.29) is 0 Å². The summed E-state index contributed by atoms with van der Waals surface area (Å²) in [4.78, 5) is 2.53. The van der Waals surface area contributed by atoms with Gasteiger partial charge in [0.1, 0.15) is 0 Å². The summed E-state index contributed by atoms with van der Waals surface area (Å²) in [5, 5.41) is 3.36. The van der Waals surface area contributed by atoms with Gasteiger partial charge in [0.2, 0.25) is 0 Å². The SMILES string of the molecule is CCNCCCCN1C[C@@H](C)O[C@@H](C)C1. The Hall–Kier alpha value is -0.120. The highest BCUT2D eigenvalue weighted by atomic mass is 16.5. The van der Waals surface area contributed by atoms with Gasteiger partial charge in [0.15, 0.2) is 0 Å². The van der Waals surface area contributed by atoms with Crippen molar-refractivity contribution in [1.82, 2.24) is 10.2 Å². The van der Waals surface area contributed by atoms with E-state index in [4.69, 9.17) is 4.74 Å². The number of hydrogen-bond acceptors (Lipinski definition) is 3. The van der Waals surface area contributed by atoms with E-state index in [1.54, 1.807) is 0 Å². The molecular formula is C12H26N2O. The highest BCUT2D eigenvalue weighted by Crippen LogP contribution is 2.10. The third kappa shape index (κ3) is 5.50. The molecule has 3 nitrogen and oxygen atoms in total. The lowest BCUT2D eigenvalue weighted by atomic mass is 10.2. The Labute approximate surface area is 94.2 Å². The van der Waals surface area contributed by atoms with Crippen molar-refractivity contribution in [2.75, 3.05) is 32.7 Å². The van der Waals surface area contributed by atoms with E-state index in [0.717, 1.165) is 26.2 Å². The zero-order valence-corrected chi connectivity index (χ0v) is 10.5. The fourth-order valence-electron chi connectivity index (χ4n) is 2.23. The fourth-order valence-corrected chi connectivity index (χ4v) is 2.23. The van der Waals surface area contributed by atoms with Crippen molar-refractivity contribution < 1.29 is 4.74 Å². The van der Waals surface area contributed by atoms with Crippen LogP contribution in [0.2, 0.25) is 0 Å². The van der Waals surface area contributed by atoms with E-state index in [0.29, 0.717) is 12.2 Å². The predicted molar refractivity (Wildman–Crippen MR) is 64.2 cm³/mol. The second kappa shape index (κ2) is 7.20. The van der Waals surface area contributed by atoms with Gasteiger partial charge >= 0.3 is 0 Å². The molecule has 0 bridgehead atoms. The van der Waals surface area contributed by atoms with E-state index in [9.17, 15) is 0 Å². The second-order valence-electron chi connectivity index (χ2n) is 4.58. The number of rotatable bonds is 6. The van der Waals surface area contributed by atoms with Crippen LogP contribution < -0.4 is 5.32 Å². The first-order chi connectivity index (χ1) is 7.22. The van der Waals surface area contributed by atoms with Gasteiger partial charge in [0, 0.05) is 13.1 Å². The van der Waals surface area contributed by atoms with Crippen LogP contribution in [0.5, 0.6) is 0 Å². The largest absolute Gasteiger partial charge is 0.373 e. The van der Waals surface area contributed by atoms with Crippen LogP contribution in [0.3, 0.4) is 0 Å². The normalized spacial score (nSPS) is 28.2. The van der Waals surface area contributed by atoms with Gasteiger partial charge < -0.3 is 10.1 Å². The first-order valence-electron chi connectivity index (χ1n) is 6.31. The summed E-state index contributed by atoms with van der Waals surface area (Å²) in [5.74, 6) is 0. The Balaban J connectivity index is 2.04. The summed E-state index contributed by atoms with van der Waals surface area (Å²) in [6.45, 7) is 12.2. The molecule has 0 unspecified atom stereocenters. The topological polar surface area (TPSA) is 24.5 Å². The number of hydrogen-bond donors (Lipinski definition) is 1. The molecule has 0 radical (unpaired) electrons.